The lowest BCUT2D eigenvalue weighted by molar-refractivity contribution is 0.181. The van der Waals surface area contributed by atoms with Gasteiger partial charge in [-0.15, -0.1) is 0 Å². The molecule has 0 bridgehead atoms. The van der Waals surface area contributed by atoms with E-state index in [4.69, 9.17) is 0 Å². The van der Waals surface area contributed by atoms with Crippen LogP contribution in [0.5, 0.6) is 0 Å². The molecule has 1 aliphatic heterocycles. The van der Waals surface area contributed by atoms with Crippen molar-refractivity contribution < 1.29 is 0 Å². The van der Waals surface area contributed by atoms with Crippen molar-refractivity contribution >= 4 is 5.84 Å². The maximum atomic E-state index is 4.54. The van der Waals surface area contributed by atoms with Crippen molar-refractivity contribution in [3.8, 4) is 0 Å². The monoisotopic (exact) mass is 166 g/mol. The van der Waals surface area contributed by atoms with E-state index >= 15 is 0 Å². The Kier molecular flexibility index (Phi) is 2.07. The molecule has 2 nitrogen and oxygen atoms in total. The Balaban J connectivity index is 2.13. The largest absolute Gasteiger partial charge is 0.360 e. The molecule has 12 heavy (non-hydrogen) atoms. The fraction of sp³-hybridized carbons (Fsp3) is 0.900. The second-order valence-corrected chi connectivity index (χ2v) is 4.11. The first-order chi connectivity index (χ1) is 5.79. The summed E-state index contributed by atoms with van der Waals surface area (Å²) < 4.78 is 0. The lowest BCUT2D eigenvalue weighted by atomic mass is 9.83. The third kappa shape index (κ3) is 1.23. The minimum absolute atomic E-state index is 0.802. The van der Waals surface area contributed by atoms with Gasteiger partial charge in [-0.05, 0) is 25.7 Å². The molecule has 0 amide bonds. The zero-order valence-corrected chi connectivity index (χ0v) is 8.08. The van der Waals surface area contributed by atoms with Gasteiger partial charge in [-0.2, -0.15) is 0 Å². The number of aliphatic imine (C=N–C) groups is 1. The molecule has 0 radical (unpaired) electrons. The van der Waals surface area contributed by atoms with Crippen LogP contribution in [0.25, 0.3) is 0 Å². The third-order valence-corrected chi connectivity index (χ3v) is 3.43. The van der Waals surface area contributed by atoms with Gasteiger partial charge in [-0.1, -0.05) is 12.8 Å². The van der Waals surface area contributed by atoms with Gasteiger partial charge >= 0.3 is 0 Å². The van der Waals surface area contributed by atoms with Gasteiger partial charge in [0.25, 0.3) is 0 Å². The summed E-state index contributed by atoms with van der Waals surface area (Å²) in [5.41, 5.74) is 0. The standard InChI is InChI=1S/C10H18N2/c1-8-11-7-9-5-3-4-6-10(9)12(8)2/h9-10H,3-7H2,1-2H3. The first-order valence-electron chi connectivity index (χ1n) is 5.03. The molecule has 0 spiro atoms. The quantitative estimate of drug-likeness (QED) is 0.536. The molecular weight excluding hydrogens is 148 g/mol. The lowest BCUT2D eigenvalue weighted by Gasteiger charge is -2.41. The first-order valence-corrected chi connectivity index (χ1v) is 5.03. The van der Waals surface area contributed by atoms with E-state index in [0.29, 0.717) is 0 Å². The van der Waals surface area contributed by atoms with E-state index in [-0.39, 0.29) is 0 Å². The fourth-order valence-corrected chi connectivity index (χ4v) is 2.51. The molecule has 2 aliphatic rings. The predicted molar refractivity (Wildman–Crippen MR) is 51.5 cm³/mol. The van der Waals surface area contributed by atoms with Crippen molar-refractivity contribution in [2.45, 2.75) is 38.6 Å². The maximum Gasteiger partial charge on any atom is 0.0957 e. The summed E-state index contributed by atoms with van der Waals surface area (Å²) in [7, 11) is 2.20. The molecule has 0 aromatic carbocycles. The number of fused-ring (bicyclic) bond motifs is 1. The van der Waals surface area contributed by atoms with E-state index in [1.807, 2.05) is 0 Å². The Morgan fingerprint density at radius 3 is 2.92 bits per heavy atom. The number of hydrogen-bond acceptors (Lipinski definition) is 2. The minimum atomic E-state index is 0.802. The van der Waals surface area contributed by atoms with Crippen molar-refractivity contribution in [1.29, 1.82) is 0 Å². The van der Waals surface area contributed by atoms with Crippen LogP contribution in [0, 0.1) is 5.92 Å². The molecule has 1 heterocycles. The van der Waals surface area contributed by atoms with Crippen LogP contribution in [0.4, 0.5) is 0 Å². The second kappa shape index (κ2) is 3.08. The average molecular weight is 166 g/mol. The van der Waals surface area contributed by atoms with Gasteiger partial charge in [0.1, 0.15) is 0 Å². The summed E-state index contributed by atoms with van der Waals surface area (Å²) in [5, 5.41) is 0. The summed E-state index contributed by atoms with van der Waals surface area (Å²) in [5.74, 6) is 2.09. The van der Waals surface area contributed by atoms with Gasteiger partial charge in [-0.25, -0.2) is 0 Å². The molecule has 0 aromatic heterocycles. The molecule has 2 heteroatoms. The summed E-state index contributed by atoms with van der Waals surface area (Å²) in [6.07, 6.45) is 5.61. The SMILES string of the molecule is CC1=NCC2CCCCC2N1C. The first kappa shape index (κ1) is 8.09. The average Bonchev–Trinajstić information content (AvgIpc) is 2.12. The topological polar surface area (TPSA) is 15.6 Å². The molecule has 0 saturated heterocycles. The Bertz CT molecular complexity index is 198. The van der Waals surface area contributed by atoms with E-state index in [2.05, 4.69) is 23.9 Å². The molecule has 2 unspecified atom stereocenters. The van der Waals surface area contributed by atoms with Gasteiger partial charge in [0.05, 0.1) is 5.84 Å². The molecule has 1 saturated carbocycles. The zero-order valence-electron chi connectivity index (χ0n) is 8.08. The normalized spacial score (nSPS) is 35.8. The third-order valence-electron chi connectivity index (χ3n) is 3.43. The smallest absolute Gasteiger partial charge is 0.0957 e. The van der Waals surface area contributed by atoms with E-state index in [1.54, 1.807) is 0 Å². The minimum Gasteiger partial charge on any atom is -0.360 e. The van der Waals surface area contributed by atoms with E-state index in [9.17, 15) is 0 Å². The summed E-state index contributed by atoms with van der Waals surface area (Å²) in [6, 6.07) is 0.802. The lowest BCUT2D eigenvalue weighted by Crippen LogP contribution is -2.47. The van der Waals surface area contributed by atoms with Gasteiger partial charge in [0, 0.05) is 19.6 Å². The van der Waals surface area contributed by atoms with E-state index in [0.717, 1.165) is 18.5 Å². The van der Waals surface area contributed by atoms with Crippen LogP contribution in [0.3, 0.4) is 0 Å². The van der Waals surface area contributed by atoms with Crippen molar-refractivity contribution in [3.05, 3.63) is 0 Å². The molecule has 2 atom stereocenters. The van der Waals surface area contributed by atoms with E-state index < -0.39 is 0 Å². The highest BCUT2D eigenvalue weighted by molar-refractivity contribution is 5.80. The van der Waals surface area contributed by atoms with Gasteiger partial charge < -0.3 is 4.90 Å². The number of nitrogens with zero attached hydrogens (tertiary/aromatic N) is 2. The van der Waals surface area contributed by atoms with Crippen molar-refractivity contribution in [2.24, 2.45) is 10.9 Å². The number of amidine groups is 1. The van der Waals surface area contributed by atoms with Crippen LogP contribution in [0.1, 0.15) is 32.6 Å². The Morgan fingerprint density at radius 1 is 1.33 bits per heavy atom. The molecule has 1 aliphatic carbocycles. The Hall–Kier alpha value is -0.530. The zero-order chi connectivity index (χ0) is 8.55. The highest BCUT2D eigenvalue weighted by atomic mass is 15.2. The number of hydrogen-bond donors (Lipinski definition) is 0. The number of rotatable bonds is 0. The predicted octanol–water partition coefficient (Wildman–Crippen LogP) is 1.91. The van der Waals surface area contributed by atoms with Gasteiger partial charge in [0.2, 0.25) is 0 Å². The van der Waals surface area contributed by atoms with Crippen molar-refractivity contribution in [3.63, 3.8) is 0 Å². The van der Waals surface area contributed by atoms with Gasteiger partial charge in [-0.3, -0.25) is 4.99 Å². The molecule has 68 valence electrons. The summed E-state index contributed by atoms with van der Waals surface area (Å²) >= 11 is 0. The van der Waals surface area contributed by atoms with Crippen LogP contribution in [0.2, 0.25) is 0 Å². The van der Waals surface area contributed by atoms with Crippen LogP contribution < -0.4 is 0 Å². The van der Waals surface area contributed by atoms with Crippen molar-refractivity contribution in [1.82, 2.24) is 4.90 Å². The summed E-state index contributed by atoms with van der Waals surface area (Å²) in [4.78, 5) is 6.92. The molecule has 0 aromatic rings. The molecule has 2 rings (SSSR count). The Morgan fingerprint density at radius 2 is 2.08 bits per heavy atom. The summed E-state index contributed by atoms with van der Waals surface area (Å²) in [6.45, 7) is 3.21. The molecule has 0 N–H and O–H groups in total. The highest BCUT2D eigenvalue weighted by Crippen LogP contribution is 2.30. The Labute approximate surface area is 74.7 Å². The van der Waals surface area contributed by atoms with Gasteiger partial charge in [0.15, 0.2) is 0 Å². The van der Waals surface area contributed by atoms with Crippen molar-refractivity contribution in [2.75, 3.05) is 13.6 Å². The fourth-order valence-electron chi connectivity index (χ4n) is 2.51. The maximum absolute atomic E-state index is 4.54. The van der Waals surface area contributed by atoms with Crippen LogP contribution >= 0.6 is 0 Å². The van der Waals surface area contributed by atoms with Crippen LogP contribution in [-0.4, -0.2) is 30.4 Å². The molecule has 1 fully saturated rings. The van der Waals surface area contributed by atoms with Crippen LogP contribution in [0.15, 0.2) is 4.99 Å². The van der Waals surface area contributed by atoms with Crippen LogP contribution in [-0.2, 0) is 0 Å². The second-order valence-electron chi connectivity index (χ2n) is 4.11. The molecular formula is C10H18N2. The van der Waals surface area contributed by atoms with E-state index in [1.165, 1.54) is 31.5 Å². The highest BCUT2D eigenvalue weighted by Gasteiger charge is 2.31.